The zero-order valence-electron chi connectivity index (χ0n) is 10.6. The number of carbonyl (C=O) groups excluding carboxylic acids is 1. The highest BCUT2D eigenvalue weighted by atomic mass is 16.2. The molecular formula is C12H16N6O. The highest BCUT2D eigenvalue weighted by molar-refractivity contribution is 5.92. The van der Waals surface area contributed by atoms with Crippen LogP contribution in [-0.4, -0.2) is 51.5 Å². The molecule has 100 valence electrons. The Morgan fingerprint density at radius 3 is 2.95 bits per heavy atom. The zero-order valence-corrected chi connectivity index (χ0v) is 10.6. The second-order valence-corrected chi connectivity index (χ2v) is 5.03. The Morgan fingerprint density at radius 1 is 1.58 bits per heavy atom. The van der Waals surface area contributed by atoms with Crippen molar-refractivity contribution in [3.05, 3.63) is 11.9 Å². The number of nitrogens with zero attached hydrogens (tertiary/aromatic N) is 5. The lowest BCUT2D eigenvalue weighted by Gasteiger charge is -2.26. The largest absolute Gasteiger partial charge is 0.333 e. The van der Waals surface area contributed by atoms with Crippen LogP contribution in [0.15, 0.2) is 6.20 Å². The van der Waals surface area contributed by atoms with Crippen molar-refractivity contribution < 1.29 is 4.79 Å². The maximum absolute atomic E-state index is 12.4. The van der Waals surface area contributed by atoms with Crippen LogP contribution in [0.3, 0.4) is 0 Å². The summed E-state index contributed by atoms with van der Waals surface area (Å²) in [7, 11) is 0. The molecule has 1 aliphatic carbocycles. The molecule has 1 aromatic rings. The maximum Gasteiger partial charge on any atom is 0.276 e. The molecule has 0 unspecified atom stereocenters. The number of nitriles is 1. The molecule has 1 amide bonds. The number of amides is 1. The van der Waals surface area contributed by atoms with Gasteiger partial charge >= 0.3 is 0 Å². The summed E-state index contributed by atoms with van der Waals surface area (Å²) in [6, 6.07) is 2.68. The van der Waals surface area contributed by atoms with Crippen molar-refractivity contribution in [1.29, 1.82) is 5.26 Å². The van der Waals surface area contributed by atoms with Crippen molar-refractivity contribution in [2.75, 3.05) is 19.6 Å². The maximum atomic E-state index is 12.4. The van der Waals surface area contributed by atoms with Gasteiger partial charge in [0.15, 0.2) is 5.69 Å². The summed E-state index contributed by atoms with van der Waals surface area (Å²) in [5.74, 6) is -0.101. The number of hydrogen-bond donors (Lipinski definition) is 1. The molecule has 3 rings (SSSR count). The molecule has 0 aromatic carbocycles. The molecule has 2 aliphatic rings. The minimum absolute atomic E-state index is 0.101. The normalized spacial score (nSPS) is 18.7. The number of aromatic nitrogens is 3. The minimum Gasteiger partial charge on any atom is -0.333 e. The van der Waals surface area contributed by atoms with Gasteiger partial charge in [0.05, 0.1) is 24.7 Å². The van der Waals surface area contributed by atoms with Crippen molar-refractivity contribution in [2.24, 2.45) is 0 Å². The van der Waals surface area contributed by atoms with E-state index in [1.807, 2.05) is 0 Å². The fourth-order valence-electron chi connectivity index (χ4n) is 2.17. The molecule has 1 saturated carbocycles. The van der Waals surface area contributed by atoms with E-state index in [1.54, 1.807) is 15.8 Å². The van der Waals surface area contributed by atoms with Crippen molar-refractivity contribution >= 4 is 5.91 Å². The Kier molecular flexibility index (Phi) is 3.17. The van der Waals surface area contributed by atoms with Crippen LogP contribution in [-0.2, 0) is 0 Å². The molecule has 1 N–H and O–H groups in total. The van der Waals surface area contributed by atoms with Gasteiger partial charge in [-0.3, -0.25) is 4.79 Å². The SMILES string of the molecule is N#CCCN(C(=O)c1cn(C2CNC2)nn1)C1CC1. The van der Waals surface area contributed by atoms with Crippen LogP contribution in [0.4, 0.5) is 0 Å². The molecule has 2 fully saturated rings. The second-order valence-electron chi connectivity index (χ2n) is 5.03. The first-order valence-corrected chi connectivity index (χ1v) is 6.60. The van der Waals surface area contributed by atoms with Gasteiger partial charge in [0.25, 0.3) is 5.91 Å². The quantitative estimate of drug-likeness (QED) is 0.801. The molecule has 2 heterocycles. The van der Waals surface area contributed by atoms with Gasteiger partial charge in [0.1, 0.15) is 0 Å². The summed E-state index contributed by atoms with van der Waals surface area (Å²) >= 11 is 0. The molecule has 0 atom stereocenters. The molecule has 1 aliphatic heterocycles. The average Bonchev–Trinajstić information content (AvgIpc) is 3.07. The van der Waals surface area contributed by atoms with E-state index in [-0.39, 0.29) is 11.9 Å². The monoisotopic (exact) mass is 260 g/mol. The van der Waals surface area contributed by atoms with Gasteiger partial charge in [0.2, 0.25) is 0 Å². The average molecular weight is 260 g/mol. The van der Waals surface area contributed by atoms with E-state index in [9.17, 15) is 4.79 Å². The zero-order chi connectivity index (χ0) is 13.2. The highest BCUT2D eigenvalue weighted by Gasteiger charge is 2.34. The fraction of sp³-hybridized carbons (Fsp3) is 0.667. The molecule has 0 spiro atoms. The third-order valence-electron chi connectivity index (χ3n) is 3.58. The van der Waals surface area contributed by atoms with Crippen LogP contribution in [0.5, 0.6) is 0 Å². The summed E-state index contributed by atoms with van der Waals surface area (Å²) < 4.78 is 1.75. The number of hydrogen-bond acceptors (Lipinski definition) is 5. The Morgan fingerprint density at radius 2 is 2.37 bits per heavy atom. The minimum atomic E-state index is -0.101. The first-order valence-electron chi connectivity index (χ1n) is 6.60. The summed E-state index contributed by atoms with van der Waals surface area (Å²) in [4.78, 5) is 14.1. The van der Waals surface area contributed by atoms with E-state index in [1.165, 1.54) is 0 Å². The summed E-state index contributed by atoms with van der Waals surface area (Å²) in [5.41, 5.74) is 0.386. The van der Waals surface area contributed by atoms with Crippen LogP contribution in [0.1, 0.15) is 35.8 Å². The lowest BCUT2D eigenvalue weighted by molar-refractivity contribution is 0.0740. The number of rotatable bonds is 5. The fourth-order valence-corrected chi connectivity index (χ4v) is 2.17. The van der Waals surface area contributed by atoms with E-state index >= 15 is 0 Å². The first-order chi connectivity index (χ1) is 9.29. The van der Waals surface area contributed by atoms with Crippen LogP contribution in [0.2, 0.25) is 0 Å². The van der Waals surface area contributed by atoms with Gasteiger partial charge in [-0.05, 0) is 12.8 Å². The van der Waals surface area contributed by atoms with Crippen LogP contribution < -0.4 is 5.32 Å². The van der Waals surface area contributed by atoms with Gasteiger partial charge < -0.3 is 10.2 Å². The van der Waals surface area contributed by atoms with Crippen LogP contribution in [0.25, 0.3) is 0 Å². The van der Waals surface area contributed by atoms with Gasteiger partial charge in [0, 0.05) is 25.7 Å². The number of carbonyl (C=O) groups is 1. The van der Waals surface area contributed by atoms with E-state index < -0.39 is 0 Å². The van der Waals surface area contributed by atoms with Crippen LogP contribution in [0, 0.1) is 11.3 Å². The van der Waals surface area contributed by atoms with Crippen molar-refractivity contribution in [2.45, 2.75) is 31.3 Å². The Balaban J connectivity index is 1.70. The van der Waals surface area contributed by atoms with Gasteiger partial charge in [-0.25, -0.2) is 4.68 Å². The molecule has 19 heavy (non-hydrogen) atoms. The lowest BCUT2D eigenvalue weighted by atomic mass is 10.2. The highest BCUT2D eigenvalue weighted by Crippen LogP contribution is 2.28. The summed E-state index contributed by atoms with van der Waals surface area (Å²) in [5, 5.41) is 19.8. The molecule has 7 nitrogen and oxygen atoms in total. The standard InChI is InChI=1S/C12H16N6O/c13-4-1-5-17(9-2-3-9)12(19)11-8-18(16-15-11)10-6-14-7-10/h8-10,14H,1-3,5-7H2. The molecule has 1 saturated heterocycles. The topological polar surface area (TPSA) is 86.8 Å². The molecule has 1 aromatic heterocycles. The van der Waals surface area contributed by atoms with Crippen molar-refractivity contribution in [1.82, 2.24) is 25.2 Å². The smallest absolute Gasteiger partial charge is 0.276 e. The Labute approximate surface area is 111 Å². The summed E-state index contributed by atoms with van der Waals surface area (Å²) in [6.07, 6.45) is 4.13. The van der Waals surface area contributed by atoms with E-state index in [0.29, 0.717) is 24.7 Å². The summed E-state index contributed by atoms with van der Waals surface area (Å²) in [6.45, 7) is 2.23. The first kappa shape index (κ1) is 12.1. The Hall–Kier alpha value is -1.94. The third-order valence-corrected chi connectivity index (χ3v) is 3.58. The number of nitrogens with one attached hydrogen (secondary N) is 1. The molecule has 7 heteroatoms. The van der Waals surface area contributed by atoms with Crippen LogP contribution >= 0.6 is 0 Å². The molecule has 0 radical (unpaired) electrons. The van der Waals surface area contributed by atoms with E-state index in [0.717, 1.165) is 25.9 Å². The van der Waals surface area contributed by atoms with Gasteiger partial charge in [-0.1, -0.05) is 5.21 Å². The van der Waals surface area contributed by atoms with E-state index in [2.05, 4.69) is 21.7 Å². The van der Waals surface area contributed by atoms with Crippen molar-refractivity contribution in [3.63, 3.8) is 0 Å². The second kappa shape index (κ2) is 4.97. The Bertz CT molecular complexity index is 511. The molecular weight excluding hydrogens is 244 g/mol. The third kappa shape index (κ3) is 2.44. The van der Waals surface area contributed by atoms with Crippen molar-refractivity contribution in [3.8, 4) is 6.07 Å². The lowest BCUT2D eigenvalue weighted by Crippen LogP contribution is -2.43. The van der Waals surface area contributed by atoms with E-state index in [4.69, 9.17) is 5.26 Å². The predicted octanol–water partition coefficient (Wildman–Crippen LogP) is -0.0593. The predicted molar refractivity (Wildman–Crippen MR) is 66.2 cm³/mol. The van der Waals surface area contributed by atoms with Gasteiger partial charge in [-0.2, -0.15) is 5.26 Å². The van der Waals surface area contributed by atoms with Gasteiger partial charge in [-0.15, -0.1) is 5.10 Å². The molecule has 0 bridgehead atoms.